The van der Waals surface area contributed by atoms with E-state index in [1.54, 1.807) is 0 Å². The first-order chi connectivity index (χ1) is 24.6. The number of benzene rings is 6. The molecule has 0 fully saturated rings. The van der Waals surface area contributed by atoms with Crippen LogP contribution in [0, 0.1) is 0 Å². The van der Waals surface area contributed by atoms with Crippen molar-refractivity contribution in [1.82, 2.24) is 19.9 Å². The molecular formula is C44H30Br2N4. The van der Waals surface area contributed by atoms with Gasteiger partial charge in [-0.2, -0.15) is 0 Å². The molecule has 240 valence electrons. The summed E-state index contributed by atoms with van der Waals surface area (Å²) < 4.78 is 2.05. The molecule has 2 heterocycles. The van der Waals surface area contributed by atoms with Crippen LogP contribution >= 0.6 is 31.9 Å². The van der Waals surface area contributed by atoms with E-state index in [0.29, 0.717) is 0 Å². The second-order valence-corrected chi connectivity index (χ2v) is 13.2. The van der Waals surface area contributed by atoms with E-state index in [0.717, 1.165) is 76.8 Å². The summed E-state index contributed by atoms with van der Waals surface area (Å²) in [4.78, 5) is 19.2. The van der Waals surface area contributed by atoms with E-state index in [-0.39, 0.29) is 0 Å². The molecule has 8 rings (SSSR count). The Morgan fingerprint density at radius 2 is 0.560 bits per heavy atom. The summed E-state index contributed by atoms with van der Waals surface area (Å²) in [5.41, 5.74) is 9.98. The highest BCUT2D eigenvalue weighted by Gasteiger charge is 2.12. The fourth-order valence-electron chi connectivity index (χ4n) is 5.43. The highest BCUT2D eigenvalue weighted by molar-refractivity contribution is 9.10. The Morgan fingerprint density at radius 1 is 0.260 bits per heavy atom. The second-order valence-electron chi connectivity index (χ2n) is 11.4. The van der Waals surface area contributed by atoms with Crippen LogP contribution < -0.4 is 0 Å². The number of halogens is 2. The van der Waals surface area contributed by atoms with E-state index in [1.165, 1.54) is 0 Å². The molecule has 0 spiro atoms. The molecule has 6 aromatic carbocycles. The number of hydrogen-bond acceptors (Lipinski definition) is 4. The van der Waals surface area contributed by atoms with Gasteiger partial charge in [0, 0.05) is 42.3 Å². The van der Waals surface area contributed by atoms with Crippen LogP contribution in [0.4, 0.5) is 0 Å². The van der Waals surface area contributed by atoms with Crippen molar-refractivity contribution in [3.05, 3.63) is 191 Å². The molecule has 6 heteroatoms. The van der Waals surface area contributed by atoms with Gasteiger partial charge in [-0.25, -0.2) is 19.9 Å². The molecule has 4 nitrogen and oxygen atoms in total. The topological polar surface area (TPSA) is 51.6 Å². The Hall–Kier alpha value is -5.56. The van der Waals surface area contributed by atoms with Crippen LogP contribution in [-0.2, 0) is 0 Å². The summed E-state index contributed by atoms with van der Waals surface area (Å²) >= 11 is 7.07. The molecule has 2 aromatic heterocycles. The van der Waals surface area contributed by atoms with Crippen LogP contribution in [0.5, 0.6) is 0 Å². The summed E-state index contributed by atoms with van der Waals surface area (Å²) in [5.74, 6) is 1.46. The first-order valence-electron chi connectivity index (χ1n) is 16.1. The van der Waals surface area contributed by atoms with Gasteiger partial charge in [0.05, 0.1) is 22.8 Å². The molecule has 8 aromatic rings. The Labute approximate surface area is 308 Å². The van der Waals surface area contributed by atoms with Crippen molar-refractivity contribution in [2.75, 3.05) is 0 Å². The van der Waals surface area contributed by atoms with Crippen LogP contribution in [0.3, 0.4) is 0 Å². The zero-order chi connectivity index (χ0) is 34.1. The van der Waals surface area contributed by atoms with Crippen LogP contribution in [0.1, 0.15) is 0 Å². The number of rotatable bonds is 6. The molecule has 0 N–H and O–H groups in total. The molecule has 0 aliphatic rings. The van der Waals surface area contributed by atoms with Crippen molar-refractivity contribution in [3.63, 3.8) is 0 Å². The summed E-state index contributed by atoms with van der Waals surface area (Å²) in [6.07, 6.45) is 0. The van der Waals surface area contributed by atoms with Gasteiger partial charge in [-0.05, 0) is 36.4 Å². The largest absolute Gasteiger partial charge is 0.228 e. The molecular weight excluding hydrogens is 744 g/mol. The lowest BCUT2D eigenvalue weighted by Crippen LogP contribution is -1.95. The summed E-state index contributed by atoms with van der Waals surface area (Å²) in [7, 11) is 0. The molecule has 0 amide bonds. The Bertz CT molecular complexity index is 2050. The maximum atomic E-state index is 4.81. The van der Waals surface area contributed by atoms with Crippen molar-refractivity contribution < 1.29 is 0 Å². The highest BCUT2D eigenvalue weighted by atomic mass is 79.9. The van der Waals surface area contributed by atoms with Crippen molar-refractivity contribution in [2.45, 2.75) is 0 Å². The third-order valence-corrected chi connectivity index (χ3v) is 8.88. The smallest absolute Gasteiger partial charge is 0.160 e. The van der Waals surface area contributed by atoms with Gasteiger partial charge in [0.1, 0.15) is 0 Å². The molecule has 0 radical (unpaired) electrons. The summed E-state index contributed by atoms with van der Waals surface area (Å²) in [6, 6.07) is 61.0. The SMILES string of the molecule is Brc1cccc(-c2cc(-c3ccccc3)nc(-c3ccccc3)n2)c1.Brc1cccc(-c2nc(-c3ccccc3)cc(-c3ccccc3)n2)c1. The lowest BCUT2D eigenvalue weighted by atomic mass is 10.1. The first-order valence-corrected chi connectivity index (χ1v) is 17.7. The fourth-order valence-corrected chi connectivity index (χ4v) is 6.23. The molecule has 0 saturated heterocycles. The van der Waals surface area contributed by atoms with Crippen molar-refractivity contribution in [3.8, 4) is 67.8 Å². The average molecular weight is 775 g/mol. The predicted octanol–water partition coefficient (Wildman–Crippen LogP) is 12.5. The van der Waals surface area contributed by atoms with Crippen LogP contribution in [0.2, 0.25) is 0 Å². The summed E-state index contributed by atoms with van der Waals surface area (Å²) in [6.45, 7) is 0. The lowest BCUT2D eigenvalue weighted by Gasteiger charge is -2.09. The quantitative estimate of drug-likeness (QED) is 0.169. The average Bonchev–Trinajstić information content (AvgIpc) is 3.19. The minimum atomic E-state index is 0.724. The number of aromatic nitrogens is 4. The fraction of sp³-hybridized carbons (Fsp3) is 0. The molecule has 0 atom stereocenters. The zero-order valence-electron chi connectivity index (χ0n) is 26.9. The van der Waals surface area contributed by atoms with Crippen molar-refractivity contribution >= 4 is 31.9 Å². The Balaban J connectivity index is 0.000000157. The van der Waals surface area contributed by atoms with Crippen LogP contribution in [0.15, 0.2) is 191 Å². The third kappa shape index (κ3) is 8.17. The van der Waals surface area contributed by atoms with Gasteiger partial charge in [-0.3, -0.25) is 0 Å². The Kier molecular flexibility index (Phi) is 10.4. The van der Waals surface area contributed by atoms with Crippen LogP contribution in [0.25, 0.3) is 67.8 Å². The van der Waals surface area contributed by atoms with E-state index in [2.05, 4.69) is 80.4 Å². The van der Waals surface area contributed by atoms with Crippen molar-refractivity contribution in [1.29, 1.82) is 0 Å². The van der Waals surface area contributed by atoms with E-state index in [4.69, 9.17) is 19.9 Å². The second kappa shape index (κ2) is 15.8. The maximum Gasteiger partial charge on any atom is 0.160 e. The van der Waals surface area contributed by atoms with Gasteiger partial charge < -0.3 is 0 Å². The van der Waals surface area contributed by atoms with E-state index >= 15 is 0 Å². The maximum absolute atomic E-state index is 4.81. The molecule has 0 saturated carbocycles. The van der Waals surface area contributed by atoms with Gasteiger partial charge in [-0.15, -0.1) is 0 Å². The number of nitrogens with zero attached hydrogens (tertiary/aromatic N) is 4. The predicted molar refractivity (Wildman–Crippen MR) is 212 cm³/mol. The first kappa shape index (κ1) is 33.0. The molecule has 0 bridgehead atoms. The van der Waals surface area contributed by atoms with Gasteiger partial charge in [0.15, 0.2) is 11.6 Å². The molecule has 0 aliphatic carbocycles. The van der Waals surface area contributed by atoms with Crippen molar-refractivity contribution in [2.24, 2.45) is 0 Å². The van der Waals surface area contributed by atoms with Gasteiger partial charge >= 0.3 is 0 Å². The van der Waals surface area contributed by atoms with E-state index in [1.807, 2.05) is 133 Å². The van der Waals surface area contributed by atoms with E-state index < -0.39 is 0 Å². The number of hydrogen-bond donors (Lipinski definition) is 0. The minimum Gasteiger partial charge on any atom is -0.228 e. The van der Waals surface area contributed by atoms with Gasteiger partial charge in [-0.1, -0.05) is 177 Å². The summed E-state index contributed by atoms with van der Waals surface area (Å²) in [5, 5.41) is 0. The molecule has 0 unspecified atom stereocenters. The monoisotopic (exact) mass is 772 g/mol. The Morgan fingerprint density at radius 3 is 0.960 bits per heavy atom. The standard InChI is InChI=1S/2C22H15BrN2/c23-19-13-7-12-18(14-19)21-15-20(16-8-3-1-4-9-16)24-22(25-21)17-10-5-2-6-11-17;23-19-13-7-12-18(14-19)22-24-20(16-8-3-1-4-9-16)15-21(25-22)17-10-5-2-6-11-17/h2*1-15H. The third-order valence-electron chi connectivity index (χ3n) is 7.90. The highest BCUT2D eigenvalue weighted by Crippen LogP contribution is 2.30. The minimum absolute atomic E-state index is 0.724. The van der Waals surface area contributed by atoms with E-state index in [9.17, 15) is 0 Å². The zero-order valence-corrected chi connectivity index (χ0v) is 30.0. The van der Waals surface area contributed by atoms with Gasteiger partial charge in [0.2, 0.25) is 0 Å². The lowest BCUT2D eigenvalue weighted by molar-refractivity contribution is 1.18. The molecule has 50 heavy (non-hydrogen) atoms. The normalized spacial score (nSPS) is 10.6. The van der Waals surface area contributed by atoms with Gasteiger partial charge in [0.25, 0.3) is 0 Å². The molecule has 0 aliphatic heterocycles. The van der Waals surface area contributed by atoms with Crippen LogP contribution in [-0.4, -0.2) is 19.9 Å².